The number of hydrogen-bond acceptors (Lipinski definition) is 4. The molecule has 0 unspecified atom stereocenters. The average molecular weight is 339 g/mol. The summed E-state index contributed by atoms with van der Waals surface area (Å²) in [6.45, 7) is 3.36. The standard InChI is InChI=1S/C21H25NO3/c1-14-9-10-19-17(12-14)20(16-7-2-3-8-18(16)22-19)21(23)25-13-15-6-4-5-11-24-15/h2-3,7-8,14-15H,4-6,9-13H2,1H3/t14-,15+/m1/s1. The summed E-state index contributed by atoms with van der Waals surface area (Å²) in [7, 11) is 0. The number of pyridine rings is 1. The highest BCUT2D eigenvalue weighted by Crippen LogP contribution is 2.32. The molecule has 1 fully saturated rings. The van der Waals surface area contributed by atoms with Crippen molar-refractivity contribution in [3.05, 3.63) is 41.1 Å². The Balaban J connectivity index is 1.66. The van der Waals surface area contributed by atoms with E-state index >= 15 is 0 Å². The van der Waals surface area contributed by atoms with Gasteiger partial charge in [-0.2, -0.15) is 0 Å². The molecule has 1 saturated heterocycles. The summed E-state index contributed by atoms with van der Waals surface area (Å²) in [6, 6.07) is 7.89. The van der Waals surface area contributed by atoms with E-state index in [2.05, 4.69) is 6.92 Å². The summed E-state index contributed by atoms with van der Waals surface area (Å²) in [4.78, 5) is 17.8. The second-order valence-electron chi connectivity index (χ2n) is 7.36. The molecule has 1 aliphatic carbocycles. The van der Waals surface area contributed by atoms with Gasteiger partial charge in [0.2, 0.25) is 0 Å². The molecule has 0 amide bonds. The van der Waals surface area contributed by atoms with E-state index in [9.17, 15) is 4.79 Å². The van der Waals surface area contributed by atoms with Crippen molar-refractivity contribution in [2.45, 2.75) is 51.6 Å². The molecule has 132 valence electrons. The number of para-hydroxylation sites is 1. The lowest BCUT2D eigenvalue weighted by Crippen LogP contribution is -2.27. The summed E-state index contributed by atoms with van der Waals surface area (Å²) >= 11 is 0. The SMILES string of the molecule is C[C@@H]1CCc2nc3ccccc3c(C(=O)OC[C@@H]3CCCCO3)c2C1. The van der Waals surface area contributed by atoms with Crippen LogP contribution in [-0.4, -0.2) is 30.3 Å². The van der Waals surface area contributed by atoms with Crippen LogP contribution < -0.4 is 0 Å². The number of rotatable bonds is 3. The van der Waals surface area contributed by atoms with Gasteiger partial charge in [0.15, 0.2) is 0 Å². The number of carbonyl (C=O) groups is 1. The first-order valence-corrected chi connectivity index (χ1v) is 9.41. The lowest BCUT2D eigenvalue weighted by molar-refractivity contribution is -0.0300. The lowest BCUT2D eigenvalue weighted by Gasteiger charge is -2.25. The number of aryl methyl sites for hydroxylation is 1. The van der Waals surface area contributed by atoms with E-state index in [0.29, 0.717) is 12.5 Å². The number of esters is 1. The number of hydrogen-bond donors (Lipinski definition) is 0. The first-order valence-electron chi connectivity index (χ1n) is 9.41. The van der Waals surface area contributed by atoms with Gasteiger partial charge in [-0.1, -0.05) is 25.1 Å². The van der Waals surface area contributed by atoms with Crippen LogP contribution in [-0.2, 0) is 22.3 Å². The van der Waals surface area contributed by atoms with Crippen LogP contribution in [0.3, 0.4) is 0 Å². The quantitative estimate of drug-likeness (QED) is 0.791. The van der Waals surface area contributed by atoms with Gasteiger partial charge in [-0.05, 0) is 56.1 Å². The molecule has 1 aromatic heterocycles. The second kappa shape index (κ2) is 7.12. The molecule has 2 aliphatic rings. The molecule has 4 nitrogen and oxygen atoms in total. The van der Waals surface area contributed by atoms with E-state index in [-0.39, 0.29) is 12.1 Å². The van der Waals surface area contributed by atoms with Crippen LogP contribution in [0.4, 0.5) is 0 Å². The minimum atomic E-state index is -0.224. The van der Waals surface area contributed by atoms with Gasteiger partial charge in [0.25, 0.3) is 0 Å². The number of carbonyl (C=O) groups excluding carboxylic acids is 1. The minimum Gasteiger partial charge on any atom is -0.459 e. The summed E-state index contributed by atoms with van der Waals surface area (Å²) < 4.78 is 11.4. The number of nitrogens with zero attached hydrogens (tertiary/aromatic N) is 1. The lowest BCUT2D eigenvalue weighted by atomic mass is 9.84. The molecule has 2 aromatic rings. The monoisotopic (exact) mass is 339 g/mol. The van der Waals surface area contributed by atoms with Crippen molar-refractivity contribution in [3.63, 3.8) is 0 Å². The summed E-state index contributed by atoms with van der Waals surface area (Å²) in [5.41, 5.74) is 3.77. The predicted molar refractivity (Wildman–Crippen MR) is 96.8 cm³/mol. The Hall–Kier alpha value is -1.94. The van der Waals surface area contributed by atoms with E-state index < -0.39 is 0 Å². The molecule has 2 atom stereocenters. The van der Waals surface area contributed by atoms with Gasteiger partial charge in [0.1, 0.15) is 6.61 Å². The highest BCUT2D eigenvalue weighted by atomic mass is 16.6. The molecule has 0 N–H and O–H groups in total. The molecule has 0 bridgehead atoms. The molecule has 1 aliphatic heterocycles. The molecule has 0 spiro atoms. The van der Waals surface area contributed by atoms with E-state index in [0.717, 1.165) is 72.9 Å². The zero-order chi connectivity index (χ0) is 17.2. The maximum absolute atomic E-state index is 13.0. The first kappa shape index (κ1) is 16.5. The third-order valence-corrected chi connectivity index (χ3v) is 5.38. The Morgan fingerprint density at radius 1 is 1.28 bits per heavy atom. The van der Waals surface area contributed by atoms with Gasteiger partial charge in [-0.15, -0.1) is 0 Å². The summed E-state index contributed by atoms with van der Waals surface area (Å²) in [5.74, 6) is 0.349. The topological polar surface area (TPSA) is 48.4 Å². The molecule has 25 heavy (non-hydrogen) atoms. The van der Waals surface area contributed by atoms with Gasteiger partial charge in [0, 0.05) is 17.7 Å². The van der Waals surface area contributed by atoms with Crippen molar-refractivity contribution in [1.29, 1.82) is 0 Å². The molecule has 4 rings (SSSR count). The minimum absolute atomic E-state index is 0.0422. The number of aromatic nitrogens is 1. The van der Waals surface area contributed by atoms with E-state index in [1.165, 1.54) is 0 Å². The molecular formula is C21H25NO3. The van der Waals surface area contributed by atoms with Gasteiger partial charge in [0.05, 0.1) is 17.2 Å². The molecular weight excluding hydrogens is 314 g/mol. The molecule has 4 heteroatoms. The fraction of sp³-hybridized carbons (Fsp3) is 0.524. The summed E-state index contributed by atoms with van der Waals surface area (Å²) in [6.07, 6.45) is 6.23. The van der Waals surface area contributed by atoms with Gasteiger partial charge in [-0.25, -0.2) is 4.79 Å². The predicted octanol–water partition coefficient (Wildman–Crippen LogP) is 4.09. The van der Waals surface area contributed by atoms with Gasteiger partial charge in [-0.3, -0.25) is 4.98 Å². The Morgan fingerprint density at radius 2 is 2.16 bits per heavy atom. The van der Waals surface area contributed by atoms with E-state index in [1.807, 2.05) is 24.3 Å². The molecule has 0 saturated carbocycles. The van der Waals surface area contributed by atoms with Gasteiger partial charge < -0.3 is 9.47 Å². The number of ether oxygens (including phenoxy) is 2. The van der Waals surface area contributed by atoms with Crippen molar-refractivity contribution in [2.75, 3.05) is 13.2 Å². The van der Waals surface area contributed by atoms with Crippen LogP contribution >= 0.6 is 0 Å². The van der Waals surface area contributed by atoms with Crippen molar-refractivity contribution in [2.24, 2.45) is 5.92 Å². The van der Waals surface area contributed by atoms with Crippen molar-refractivity contribution in [1.82, 2.24) is 4.98 Å². The number of fused-ring (bicyclic) bond motifs is 2. The second-order valence-corrected chi connectivity index (χ2v) is 7.36. The van der Waals surface area contributed by atoms with Crippen LogP contribution in [0.2, 0.25) is 0 Å². The highest BCUT2D eigenvalue weighted by molar-refractivity contribution is 6.05. The highest BCUT2D eigenvalue weighted by Gasteiger charge is 2.27. The smallest absolute Gasteiger partial charge is 0.339 e. The largest absolute Gasteiger partial charge is 0.459 e. The third kappa shape index (κ3) is 3.40. The normalized spacial score (nSPS) is 23.2. The Labute approximate surface area is 148 Å². The molecule has 2 heterocycles. The third-order valence-electron chi connectivity index (χ3n) is 5.38. The maximum atomic E-state index is 13.0. The zero-order valence-electron chi connectivity index (χ0n) is 14.8. The van der Waals surface area contributed by atoms with E-state index in [1.54, 1.807) is 0 Å². The Bertz CT molecular complexity index is 780. The maximum Gasteiger partial charge on any atom is 0.339 e. The van der Waals surface area contributed by atoms with Crippen LogP contribution in [0.1, 0.15) is 54.2 Å². The van der Waals surface area contributed by atoms with Crippen molar-refractivity contribution in [3.8, 4) is 0 Å². The first-order chi connectivity index (χ1) is 12.2. The molecule has 1 aromatic carbocycles. The van der Waals surface area contributed by atoms with Crippen molar-refractivity contribution >= 4 is 16.9 Å². The molecule has 0 radical (unpaired) electrons. The van der Waals surface area contributed by atoms with Crippen molar-refractivity contribution < 1.29 is 14.3 Å². The fourth-order valence-corrected chi connectivity index (χ4v) is 3.98. The number of benzene rings is 1. The average Bonchev–Trinajstić information content (AvgIpc) is 2.65. The van der Waals surface area contributed by atoms with E-state index in [4.69, 9.17) is 14.5 Å². The van der Waals surface area contributed by atoms with Crippen LogP contribution in [0.5, 0.6) is 0 Å². The fourth-order valence-electron chi connectivity index (χ4n) is 3.98. The zero-order valence-corrected chi connectivity index (χ0v) is 14.8. The van der Waals surface area contributed by atoms with Crippen LogP contribution in [0.25, 0.3) is 10.9 Å². The van der Waals surface area contributed by atoms with Crippen LogP contribution in [0.15, 0.2) is 24.3 Å². The van der Waals surface area contributed by atoms with Crippen LogP contribution in [0, 0.1) is 5.92 Å². The Morgan fingerprint density at radius 3 is 3.00 bits per heavy atom. The summed E-state index contributed by atoms with van der Waals surface area (Å²) in [5, 5.41) is 0.907. The van der Waals surface area contributed by atoms with Gasteiger partial charge >= 0.3 is 5.97 Å². The Kier molecular flexibility index (Phi) is 4.71.